The molecule has 0 unspecified atom stereocenters. The molecule has 0 saturated carbocycles. The maximum atomic E-state index is 11.3. The van der Waals surface area contributed by atoms with E-state index in [1.54, 1.807) is 6.92 Å². The summed E-state index contributed by atoms with van der Waals surface area (Å²) in [5, 5.41) is 23.9. The van der Waals surface area contributed by atoms with Gasteiger partial charge in [-0.1, -0.05) is 0 Å². The van der Waals surface area contributed by atoms with Crippen LogP contribution < -0.4 is 16.0 Å². The molecule has 3 amide bonds. The topological polar surface area (TPSA) is 145 Å². The van der Waals surface area contributed by atoms with Crippen LogP contribution in [0, 0.1) is 0 Å². The second-order valence-electron chi connectivity index (χ2n) is 3.59. The lowest BCUT2D eigenvalue weighted by Crippen LogP contribution is -2.47. The first-order valence-corrected chi connectivity index (χ1v) is 5.62. The lowest BCUT2D eigenvalue weighted by molar-refractivity contribution is -0.145. The Morgan fingerprint density at radius 1 is 1.11 bits per heavy atom. The zero-order valence-electron chi connectivity index (χ0n) is 10.4. The highest BCUT2D eigenvalue weighted by atomic mass is 16.4. The maximum absolute atomic E-state index is 11.3. The van der Waals surface area contributed by atoms with Crippen molar-refractivity contribution in [3.8, 4) is 0 Å². The van der Waals surface area contributed by atoms with Crippen molar-refractivity contribution in [2.24, 2.45) is 0 Å². The minimum Gasteiger partial charge on any atom is -0.481 e. The number of amides is 3. The normalized spacial score (nSPS) is 11.2. The van der Waals surface area contributed by atoms with Crippen LogP contribution in [0.2, 0.25) is 0 Å². The van der Waals surface area contributed by atoms with Gasteiger partial charge in [-0.25, -0.2) is 9.59 Å². The average molecular weight is 275 g/mol. The molecule has 9 heteroatoms. The van der Waals surface area contributed by atoms with Crippen LogP contribution in [0.4, 0.5) is 4.79 Å². The standard InChI is InChI=1S/C10H17N3O6/c1-2-11-7(14)3-4-12-10(19)13-6(9(17)18)5-8(15)16/h6H,2-5H2,1H3,(H,11,14)(H,15,16)(H,17,18)(H2,12,13,19)/t6-/m0/s1. The molecule has 19 heavy (non-hydrogen) atoms. The first-order chi connectivity index (χ1) is 8.86. The quantitative estimate of drug-likeness (QED) is 0.374. The Labute approximate surface area is 109 Å². The van der Waals surface area contributed by atoms with Crippen LogP contribution in [0.25, 0.3) is 0 Å². The summed E-state index contributed by atoms with van der Waals surface area (Å²) in [7, 11) is 0. The van der Waals surface area contributed by atoms with Gasteiger partial charge in [-0.05, 0) is 6.92 Å². The largest absolute Gasteiger partial charge is 0.481 e. The Morgan fingerprint density at radius 3 is 2.21 bits per heavy atom. The van der Waals surface area contributed by atoms with E-state index >= 15 is 0 Å². The predicted molar refractivity (Wildman–Crippen MR) is 63.5 cm³/mol. The molecule has 0 rings (SSSR count). The highest BCUT2D eigenvalue weighted by Gasteiger charge is 2.22. The summed E-state index contributed by atoms with van der Waals surface area (Å²) in [5.41, 5.74) is 0. The maximum Gasteiger partial charge on any atom is 0.326 e. The molecule has 0 aromatic rings. The molecular weight excluding hydrogens is 258 g/mol. The molecule has 0 radical (unpaired) electrons. The number of rotatable bonds is 8. The van der Waals surface area contributed by atoms with Gasteiger partial charge in [0.1, 0.15) is 6.04 Å². The van der Waals surface area contributed by atoms with E-state index in [1.165, 1.54) is 0 Å². The Bertz CT molecular complexity index is 357. The second-order valence-corrected chi connectivity index (χ2v) is 3.59. The van der Waals surface area contributed by atoms with E-state index in [2.05, 4.69) is 10.6 Å². The number of carbonyl (C=O) groups excluding carboxylic acids is 2. The first kappa shape index (κ1) is 16.7. The summed E-state index contributed by atoms with van der Waals surface area (Å²) in [5.74, 6) is -3.03. The van der Waals surface area contributed by atoms with Gasteiger partial charge < -0.3 is 26.2 Å². The van der Waals surface area contributed by atoms with Crippen LogP contribution >= 0.6 is 0 Å². The number of hydrogen-bond acceptors (Lipinski definition) is 4. The van der Waals surface area contributed by atoms with Gasteiger partial charge in [-0.2, -0.15) is 0 Å². The molecule has 5 N–H and O–H groups in total. The van der Waals surface area contributed by atoms with Gasteiger partial charge in [0.05, 0.1) is 6.42 Å². The van der Waals surface area contributed by atoms with Crippen LogP contribution in [-0.4, -0.2) is 53.2 Å². The lowest BCUT2D eigenvalue weighted by Gasteiger charge is -2.13. The summed E-state index contributed by atoms with van der Waals surface area (Å²) in [6.07, 6.45) is -0.670. The number of aliphatic carboxylic acids is 2. The molecule has 0 spiro atoms. The molecule has 0 aliphatic heterocycles. The van der Waals surface area contributed by atoms with E-state index in [0.29, 0.717) is 6.54 Å². The number of urea groups is 1. The minimum atomic E-state index is -1.51. The Morgan fingerprint density at radius 2 is 1.74 bits per heavy atom. The molecule has 108 valence electrons. The zero-order chi connectivity index (χ0) is 14.8. The number of hydrogen-bond donors (Lipinski definition) is 5. The molecule has 0 fully saturated rings. The highest BCUT2D eigenvalue weighted by Crippen LogP contribution is 1.92. The van der Waals surface area contributed by atoms with Crippen molar-refractivity contribution < 1.29 is 29.4 Å². The third-order valence-corrected chi connectivity index (χ3v) is 1.99. The third-order valence-electron chi connectivity index (χ3n) is 1.99. The summed E-state index contributed by atoms with van der Waals surface area (Å²) in [6.45, 7) is 2.25. The molecular formula is C10H17N3O6. The first-order valence-electron chi connectivity index (χ1n) is 5.62. The van der Waals surface area contributed by atoms with Gasteiger partial charge in [0, 0.05) is 19.5 Å². The second kappa shape index (κ2) is 8.72. The molecule has 0 heterocycles. The molecule has 0 aliphatic carbocycles. The van der Waals surface area contributed by atoms with E-state index in [-0.39, 0.29) is 18.9 Å². The smallest absolute Gasteiger partial charge is 0.326 e. The summed E-state index contributed by atoms with van der Waals surface area (Å²) >= 11 is 0. The highest BCUT2D eigenvalue weighted by molar-refractivity contribution is 5.86. The van der Waals surface area contributed by atoms with Crippen LogP contribution in [-0.2, 0) is 14.4 Å². The van der Waals surface area contributed by atoms with Gasteiger partial charge in [0.25, 0.3) is 0 Å². The predicted octanol–water partition coefficient (Wildman–Crippen LogP) is -1.26. The molecule has 0 saturated heterocycles. The van der Waals surface area contributed by atoms with Gasteiger partial charge in [-0.15, -0.1) is 0 Å². The van der Waals surface area contributed by atoms with Crippen molar-refractivity contribution in [3.05, 3.63) is 0 Å². The SMILES string of the molecule is CCNC(=O)CCNC(=O)N[C@@H](CC(=O)O)C(=O)O. The van der Waals surface area contributed by atoms with Crippen molar-refractivity contribution >= 4 is 23.9 Å². The number of carboxylic acids is 2. The van der Waals surface area contributed by atoms with Gasteiger partial charge in [0.15, 0.2) is 0 Å². The molecule has 1 atom stereocenters. The van der Waals surface area contributed by atoms with Crippen LogP contribution in [0.5, 0.6) is 0 Å². The van der Waals surface area contributed by atoms with Crippen LogP contribution in [0.3, 0.4) is 0 Å². The Hall–Kier alpha value is -2.32. The molecule has 0 aromatic carbocycles. The van der Waals surface area contributed by atoms with Gasteiger partial charge >= 0.3 is 18.0 Å². The molecule has 0 bridgehead atoms. The molecule has 0 aromatic heterocycles. The number of nitrogens with one attached hydrogen (secondary N) is 3. The molecule has 0 aliphatic rings. The molecule has 9 nitrogen and oxygen atoms in total. The summed E-state index contributed by atoms with van der Waals surface area (Å²) in [6, 6.07) is -2.35. The summed E-state index contributed by atoms with van der Waals surface area (Å²) < 4.78 is 0. The fourth-order valence-corrected chi connectivity index (χ4v) is 1.16. The fourth-order valence-electron chi connectivity index (χ4n) is 1.16. The average Bonchev–Trinajstić information content (AvgIpc) is 2.27. The van der Waals surface area contributed by atoms with E-state index in [9.17, 15) is 19.2 Å². The monoisotopic (exact) mass is 275 g/mol. The third kappa shape index (κ3) is 8.41. The van der Waals surface area contributed by atoms with Gasteiger partial charge in [-0.3, -0.25) is 9.59 Å². The van der Waals surface area contributed by atoms with Crippen LogP contribution in [0.15, 0.2) is 0 Å². The van der Waals surface area contributed by atoms with Crippen molar-refractivity contribution in [1.29, 1.82) is 0 Å². The Balaban J connectivity index is 4.03. The lowest BCUT2D eigenvalue weighted by atomic mass is 10.2. The number of carbonyl (C=O) groups is 4. The van der Waals surface area contributed by atoms with Crippen molar-refractivity contribution in [2.45, 2.75) is 25.8 Å². The summed E-state index contributed by atoms with van der Waals surface area (Å²) in [4.78, 5) is 43.4. The van der Waals surface area contributed by atoms with E-state index < -0.39 is 30.4 Å². The minimum absolute atomic E-state index is 0.0249. The van der Waals surface area contributed by atoms with Crippen molar-refractivity contribution in [2.75, 3.05) is 13.1 Å². The van der Waals surface area contributed by atoms with E-state index in [1.807, 2.05) is 5.32 Å². The van der Waals surface area contributed by atoms with Crippen molar-refractivity contribution in [3.63, 3.8) is 0 Å². The van der Waals surface area contributed by atoms with E-state index in [0.717, 1.165) is 0 Å². The van der Waals surface area contributed by atoms with Gasteiger partial charge in [0.2, 0.25) is 5.91 Å². The number of carboxylic acid groups (broad SMARTS) is 2. The van der Waals surface area contributed by atoms with Crippen LogP contribution in [0.1, 0.15) is 19.8 Å². The zero-order valence-corrected chi connectivity index (χ0v) is 10.4. The fraction of sp³-hybridized carbons (Fsp3) is 0.600. The van der Waals surface area contributed by atoms with Crippen molar-refractivity contribution in [1.82, 2.24) is 16.0 Å². The Kier molecular flexibility index (Phi) is 7.66. The van der Waals surface area contributed by atoms with E-state index in [4.69, 9.17) is 10.2 Å².